The van der Waals surface area contributed by atoms with Gasteiger partial charge in [-0.1, -0.05) is 0 Å². The average Bonchev–Trinajstić information content (AvgIpc) is 2.13. The molecule has 0 amide bonds. The Labute approximate surface area is 77.4 Å². The van der Waals surface area contributed by atoms with Gasteiger partial charge in [0.1, 0.15) is 18.3 Å². The van der Waals surface area contributed by atoms with Crippen molar-refractivity contribution in [2.45, 2.75) is 37.4 Å². The van der Waals surface area contributed by atoms with Gasteiger partial charge in [0, 0.05) is 7.11 Å². The van der Waals surface area contributed by atoms with E-state index >= 15 is 0 Å². The van der Waals surface area contributed by atoms with Crippen molar-refractivity contribution in [3.63, 3.8) is 0 Å². The molecule has 0 spiro atoms. The minimum Gasteiger partial charge on any atom is -0.394 e. The van der Waals surface area contributed by atoms with Gasteiger partial charge in [-0.2, -0.15) is 0 Å². The highest BCUT2D eigenvalue weighted by atomic mass is 16.6. The van der Waals surface area contributed by atoms with Crippen LogP contribution < -0.4 is 5.73 Å². The zero-order valence-electron chi connectivity index (χ0n) is 7.88. The van der Waals surface area contributed by atoms with Crippen molar-refractivity contribution in [2.24, 2.45) is 5.73 Å². The number of methoxy groups -OCH3 is 1. The maximum Gasteiger partial charge on any atom is 0.113 e. The summed E-state index contributed by atoms with van der Waals surface area (Å²) >= 11 is 0. The van der Waals surface area contributed by atoms with Gasteiger partial charge in [-0.3, -0.25) is 0 Å². The Kier molecular flexibility index (Phi) is 3.63. The van der Waals surface area contributed by atoms with Gasteiger partial charge in [-0.05, 0) is 6.92 Å². The van der Waals surface area contributed by atoms with Crippen LogP contribution in [0.4, 0.5) is 0 Å². The summed E-state index contributed by atoms with van der Waals surface area (Å²) in [7, 11) is 1.46. The first kappa shape index (κ1) is 10.9. The lowest BCUT2D eigenvalue weighted by atomic mass is 9.94. The molecule has 5 atom stereocenters. The average molecular weight is 191 g/mol. The fourth-order valence-corrected chi connectivity index (χ4v) is 1.60. The number of rotatable bonds is 2. The van der Waals surface area contributed by atoms with Gasteiger partial charge >= 0.3 is 0 Å². The molecule has 0 radical (unpaired) electrons. The van der Waals surface area contributed by atoms with Gasteiger partial charge in [0.25, 0.3) is 0 Å². The SMILES string of the molecule is CO[C@@H]1C(CO)O[C@@H](C)C(N)C1O. The molecule has 1 heterocycles. The van der Waals surface area contributed by atoms with Crippen LogP contribution in [0.1, 0.15) is 6.92 Å². The third-order valence-electron chi connectivity index (χ3n) is 2.48. The third-order valence-corrected chi connectivity index (χ3v) is 2.48. The fraction of sp³-hybridized carbons (Fsp3) is 1.00. The van der Waals surface area contributed by atoms with Crippen molar-refractivity contribution in [3.8, 4) is 0 Å². The number of aliphatic hydroxyl groups excluding tert-OH is 2. The second-order valence-electron chi connectivity index (χ2n) is 3.33. The Morgan fingerprint density at radius 3 is 2.62 bits per heavy atom. The molecule has 1 rings (SSSR count). The first-order valence-corrected chi connectivity index (χ1v) is 4.34. The van der Waals surface area contributed by atoms with E-state index in [1.165, 1.54) is 7.11 Å². The molecular formula is C8H17NO4. The van der Waals surface area contributed by atoms with E-state index in [0.717, 1.165) is 0 Å². The van der Waals surface area contributed by atoms with Crippen molar-refractivity contribution in [1.82, 2.24) is 0 Å². The summed E-state index contributed by atoms with van der Waals surface area (Å²) in [6.45, 7) is 1.59. The minimum absolute atomic E-state index is 0.174. The molecule has 1 aliphatic heterocycles. The zero-order valence-corrected chi connectivity index (χ0v) is 7.88. The maximum atomic E-state index is 9.67. The number of nitrogens with two attached hydrogens (primary N) is 1. The first-order chi connectivity index (χ1) is 6.11. The van der Waals surface area contributed by atoms with E-state index in [0.29, 0.717) is 0 Å². The van der Waals surface area contributed by atoms with E-state index in [2.05, 4.69) is 0 Å². The van der Waals surface area contributed by atoms with Crippen molar-refractivity contribution in [2.75, 3.05) is 13.7 Å². The highest BCUT2D eigenvalue weighted by molar-refractivity contribution is 4.93. The molecule has 3 unspecified atom stereocenters. The molecule has 5 heteroatoms. The number of ether oxygens (including phenoxy) is 2. The van der Waals surface area contributed by atoms with Gasteiger partial charge in [-0.25, -0.2) is 0 Å². The predicted molar refractivity (Wildman–Crippen MR) is 46.2 cm³/mol. The summed E-state index contributed by atoms with van der Waals surface area (Å²) in [4.78, 5) is 0. The monoisotopic (exact) mass is 191 g/mol. The molecule has 1 saturated heterocycles. The van der Waals surface area contributed by atoms with Crippen LogP contribution in [0, 0.1) is 0 Å². The van der Waals surface area contributed by atoms with Gasteiger partial charge in [0.15, 0.2) is 0 Å². The molecular weight excluding hydrogens is 174 g/mol. The second-order valence-corrected chi connectivity index (χ2v) is 3.33. The molecule has 0 aliphatic carbocycles. The quantitative estimate of drug-likeness (QED) is 0.493. The van der Waals surface area contributed by atoms with Crippen LogP contribution >= 0.6 is 0 Å². The zero-order chi connectivity index (χ0) is 10.0. The molecule has 0 aromatic heterocycles. The predicted octanol–water partition coefficient (Wildman–Crippen LogP) is -1.53. The van der Waals surface area contributed by atoms with Gasteiger partial charge in [0.2, 0.25) is 0 Å². The lowest BCUT2D eigenvalue weighted by Gasteiger charge is -2.41. The molecule has 1 aliphatic rings. The lowest BCUT2D eigenvalue weighted by molar-refractivity contribution is -0.193. The standard InChI is InChI=1S/C8H17NO4/c1-4-6(9)7(11)8(12-2)5(3-10)13-4/h4-8,10-11H,3,9H2,1-2H3/t4-,5?,6?,7?,8+/m0/s1. The Morgan fingerprint density at radius 2 is 2.15 bits per heavy atom. The summed E-state index contributed by atoms with van der Waals surface area (Å²) in [5.41, 5.74) is 5.67. The largest absolute Gasteiger partial charge is 0.394 e. The smallest absolute Gasteiger partial charge is 0.113 e. The first-order valence-electron chi connectivity index (χ1n) is 4.34. The molecule has 13 heavy (non-hydrogen) atoms. The van der Waals surface area contributed by atoms with E-state index in [4.69, 9.17) is 20.3 Å². The number of hydrogen-bond acceptors (Lipinski definition) is 5. The lowest BCUT2D eigenvalue weighted by Crippen LogP contribution is -2.61. The van der Waals surface area contributed by atoms with Crippen LogP contribution in [0.25, 0.3) is 0 Å². The Morgan fingerprint density at radius 1 is 1.54 bits per heavy atom. The summed E-state index contributed by atoms with van der Waals surface area (Å²) in [6, 6.07) is -0.465. The third kappa shape index (κ3) is 2.00. The maximum absolute atomic E-state index is 9.67. The van der Waals surface area contributed by atoms with Gasteiger partial charge in [0.05, 0.1) is 18.8 Å². The van der Waals surface area contributed by atoms with Crippen LogP contribution in [0.2, 0.25) is 0 Å². The number of hydrogen-bond donors (Lipinski definition) is 3. The summed E-state index contributed by atoms with van der Waals surface area (Å²) < 4.78 is 10.4. The molecule has 0 bridgehead atoms. The van der Waals surface area contributed by atoms with Crippen LogP contribution in [0.3, 0.4) is 0 Å². The Balaban J connectivity index is 2.69. The molecule has 5 nitrogen and oxygen atoms in total. The van der Waals surface area contributed by atoms with E-state index in [1.54, 1.807) is 6.92 Å². The molecule has 78 valence electrons. The van der Waals surface area contributed by atoms with Crippen molar-refractivity contribution in [1.29, 1.82) is 0 Å². The van der Waals surface area contributed by atoms with E-state index < -0.39 is 24.4 Å². The summed E-state index contributed by atoms with van der Waals surface area (Å²) in [5.74, 6) is 0. The normalized spacial score (nSPS) is 46.4. The van der Waals surface area contributed by atoms with Crippen molar-refractivity contribution < 1.29 is 19.7 Å². The fourth-order valence-electron chi connectivity index (χ4n) is 1.60. The molecule has 4 N–H and O–H groups in total. The van der Waals surface area contributed by atoms with E-state index in [-0.39, 0.29) is 12.7 Å². The van der Waals surface area contributed by atoms with E-state index in [1.807, 2.05) is 0 Å². The van der Waals surface area contributed by atoms with Crippen LogP contribution in [0.5, 0.6) is 0 Å². The topological polar surface area (TPSA) is 84.9 Å². The van der Waals surface area contributed by atoms with Crippen LogP contribution in [-0.2, 0) is 9.47 Å². The van der Waals surface area contributed by atoms with Crippen molar-refractivity contribution in [3.05, 3.63) is 0 Å². The second kappa shape index (κ2) is 4.34. The molecule has 0 aromatic rings. The van der Waals surface area contributed by atoms with E-state index in [9.17, 15) is 5.11 Å². The molecule has 0 aromatic carbocycles. The van der Waals surface area contributed by atoms with Gasteiger partial charge in [-0.15, -0.1) is 0 Å². The molecule has 0 saturated carbocycles. The minimum atomic E-state index is -0.786. The Bertz CT molecular complexity index is 164. The van der Waals surface area contributed by atoms with Crippen LogP contribution in [0.15, 0.2) is 0 Å². The molecule has 1 fully saturated rings. The number of aliphatic hydroxyl groups is 2. The summed E-state index contributed by atoms with van der Waals surface area (Å²) in [5, 5.41) is 18.6. The highest BCUT2D eigenvalue weighted by Gasteiger charge is 2.41. The van der Waals surface area contributed by atoms with Gasteiger partial charge < -0.3 is 25.4 Å². The van der Waals surface area contributed by atoms with Crippen LogP contribution in [-0.4, -0.2) is 54.4 Å². The Hall–Kier alpha value is -0.200. The highest BCUT2D eigenvalue weighted by Crippen LogP contribution is 2.21. The van der Waals surface area contributed by atoms with Crippen molar-refractivity contribution >= 4 is 0 Å². The summed E-state index contributed by atoms with van der Waals surface area (Å²) in [6.07, 6.45) is -2.09.